The summed E-state index contributed by atoms with van der Waals surface area (Å²) in [5.41, 5.74) is 0. The second-order valence-electron chi connectivity index (χ2n) is 2.18. The van der Waals surface area contributed by atoms with Crippen LogP contribution < -0.4 is 5.32 Å². The molecule has 1 heterocycles. The molecule has 0 unspecified atom stereocenters. The molecule has 0 aliphatic carbocycles. The first kappa shape index (κ1) is 7.78. The summed E-state index contributed by atoms with van der Waals surface area (Å²) < 4.78 is 4.53. The normalized spacial score (nSPS) is 9.55. The zero-order valence-corrected chi connectivity index (χ0v) is 6.33. The minimum atomic E-state index is -0.0265. The maximum atomic E-state index is 10.9. The molecule has 0 saturated heterocycles. The minimum absolute atomic E-state index is 0.0265. The quantitative estimate of drug-likeness (QED) is 0.716. The predicted octanol–water partition coefficient (Wildman–Crippen LogP) is 1.41. The van der Waals surface area contributed by atoms with E-state index < -0.39 is 0 Å². The third-order valence-corrected chi connectivity index (χ3v) is 1.18. The first-order valence-corrected chi connectivity index (χ1v) is 3.53. The van der Waals surface area contributed by atoms with E-state index in [-0.39, 0.29) is 5.91 Å². The van der Waals surface area contributed by atoms with Crippen LogP contribution in [0.4, 0.5) is 5.82 Å². The molecule has 1 aromatic rings. The first-order valence-electron chi connectivity index (χ1n) is 3.53. The number of hydrogen-bond acceptors (Lipinski definition) is 3. The van der Waals surface area contributed by atoms with Crippen LogP contribution in [0.3, 0.4) is 0 Å². The molecule has 1 aromatic heterocycles. The summed E-state index contributed by atoms with van der Waals surface area (Å²) in [6.45, 7) is 1.95. The number of carbonyl (C=O) groups is 1. The standard InChI is InChI=1S/C7H10N2O2/c1-2-3-7(10)8-6-4-5-11-9-6/h4-5H,2-3H2,1H3,(H,8,9,10). The van der Waals surface area contributed by atoms with Crippen LogP contribution in [0.1, 0.15) is 19.8 Å². The van der Waals surface area contributed by atoms with Crippen LogP contribution in [-0.2, 0) is 4.79 Å². The van der Waals surface area contributed by atoms with Crippen molar-refractivity contribution in [2.75, 3.05) is 5.32 Å². The Morgan fingerprint density at radius 3 is 3.18 bits per heavy atom. The fourth-order valence-corrected chi connectivity index (χ4v) is 0.709. The van der Waals surface area contributed by atoms with Gasteiger partial charge in [0.25, 0.3) is 0 Å². The monoisotopic (exact) mass is 154 g/mol. The zero-order valence-electron chi connectivity index (χ0n) is 6.33. The average Bonchev–Trinajstić information content (AvgIpc) is 2.40. The van der Waals surface area contributed by atoms with Gasteiger partial charge in [0.15, 0.2) is 5.82 Å². The van der Waals surface area contributed by atoms with Crippen LogP contribution >= 0.6 is 0 Å². The van der Waals surface area contributed by atoms with E-state index in [0.29, 0.717) is 12.2 Å². The molecule has 0 aromatic carbocycles. The zero-order chi connectivity index (χ0) is 8.10. The fraction of sp³-hybridized carbons (Fsp3) is 0.429. The van der Waals surface area contributed by atoms with Crippen molar-refractivity contribution >= 4 is 11.7 Å². The van der Waals surface area contributed by atoms with Gasteiger partial charge in [0, 0.05) is 12.5 Å². The van der Waals surface area contributed by atoms with E-state index in [9.17, 15) is 4.79 Å². The molecule has 0 aliphatic heterocycles. The number of amides is 1. The summed E-state index contributed by atoms with van der Waals surface area (Å²) in [7, 11) is 0. The Labute approximate surface area is 64.6 Å². The third-order valence-electron chi connectivity index (χ3n) is 1.18. The Morgan fingerprint density at radius 2 is 2.64 bits per heavy atom. The number of rotatable bonds is 3. The summed E-state index contributed by atoms with van der Waals surface area (Å²) >= 11 is 0. The van der Waals surface area contributed by atoms with Crippen LogP contribution in [-0.4, -0.2) is 11.1 Å². The smallest absolute Gasteiger partial charge is 0.225 e. The third kappa shape index (κ3) is 2.41. The van der Waals surface area contributed by atoms with Crippen LogP contribution in [0.25, 0.3) is 0 Å². The van der Waals surface area contributed by atoms with Crippen molar-refractivity contribution in [3.05, 3.63) is 12.3 Å². The van der Waals surface area contributed by atoms with Gasteiger partial charge in [0.05, 0.1) is 0 Å². The molecule has 0 spiro atoms. The molecule has 0 fully saturated rings. The van der Waals surface area contributed by atoms with Crippen molar-refractivity contribution in [3.63, 3.8) is 0 Å². The van der Waals surface area contributed by atoms with Crippen LogP contribution in [0.15, 0.2) is 16.9 Å². The second-order valence-corrected chi connectivity index (χ2v) is 2.18. The summed E-state index contributed by atoms with van der Waals surface area (Å²) in [5, 5.41) is 6.11. The lowest BCUT2D eigenvalue weighted by Gasteiger charge is -1.96. The Kier molecular flexibility index (Phi) is 2.66. The maximum absolute atomic E-state index is 10.9. The van der Waals surface area contributed by atoms with E-state index in [4.69, 9.17) is 0 Å². The van der Waals surface area contributed by atoms with Gasteiger partial charge < -0.3 is 9.84 Å². The topological polar surface area (TPSA) is 55.1 Å². The molecule has 1 amide bonds. The highest BCUT2D eigenvalue weighted by atomic mass is 16.5. The van der Waals surface area contributed by atoms with Gasteiger partial charge in [-0.3, -0.25) is 4.79 Å². The van der Waals surface area contributed by atoms with E-state index in [1.54, 1.807) is 6.07 Å². The van der Waals surface area contributed by atoms with Gasteiger partial charge in [-0.15, -0.1) is 0 Å². The van der Waals surface area contributed by atoms with E-state index in [1.165, 1.54) is 6.26 Å². The van der Waals surface area contributed by atoms with Crippen LogP contribution in [0.2, 0.25) is 0 Å². The summed E-state index contributed by atoms with van der Waals surface area (Å²) in [6.07, 6.45) is 2.78. The maximum Gasteiger partial charge on any atom is 0.225 e. The lowest BCUT2D eigenvalue weighted by Crippen LogP contribution is -2.10. The molecule has 11 heavy (non-hydrogen) atoms. The SMILES string of the molecule is CCCC(=O)Nc1ccon1. The van der Waals surface area contributed by atoms with Gasteiger partial charge in [-0.05, 0) is 6.42 Å². The molecular formula is C7H10N2O2. The van der Waals surface area contributed by atoms with Crippen molar-refractivity contribution < 1.29 is 9.32 Å². The Morgan fingerprint density at radius 1 is 1.82 bits per heavy atom. The van der Waals surface area contributed by atoms with Crippen molar-refractivity contribution in [2.45, 2.75) is 19.8 Å². The Balaban J connectivity index is 2.37. The molecule has 0 aliphatic rings. The summed E-state index contributed by atoms with van der Waals surface area (Å²) in [4.78, 5) is 10.9. The molecule has 0 bridgehead atoms. The molecule has 60 valence electrons. The minimum Gasteiger partial charge on any atom is -0.363 e. The van der Waals surface area contributed by atoms with E-state index in [1.807, 2.05) is 6.92 Å². The Bertz CT molecular complexity index is 218. The van der Waals surface area contributed by atoms with Crippen LogP contribution in [0, 0.1) is 0 Å². The first-order chi connectivity index (χ1) is 5.33. The van der Waals surface area contributed by atoms with E-state index in [0.717, 1.165) is 6.42 Å². The van der Waals surface area contributed by atoms with Crippen molar-refractivity contribution in [1.29, 1.82) is 0 Å². The van der Waals surface area contributed by atoms with Gasteiger partial charge >= 0.3 is 0 Å². The Hall–Kier alpha value is -1.32. The van der Waals surface area contributed by atoms with Gasteiger partial charge in [0.1, 0.15) is 6.26 Å². The molecule has 0 radical (unpaired) electrons. The highest BCUT2D eigenvalue weighted by Gasteiger charge is 2.01. The molecule has 4 heteroatoms. The van der Waals surface area contributed by atoms with Crippen molar-refractivity contribution in [1.82, 2.24) is 5.16 Å². The van der Waals surface area contributed by atoms with Crippen molar-refractivity contribution in [2.24, 2.45) is 0 Å². The molecular weight excluding hydrogens is 144 g/mol. The molecule has 4 nitrogen and oxygen atoms in total. The fourth-order valence-electron chi connectivity index (χ4n) is 0.709. The number of aromatic nitrogens is 1. The number of hydrogen-bond donors (Lipinski definition) is 1. The van der Waals surface area contributed by atoms with E-state index in [2.05, 4.69) is 15.0 Å². The van der Waals surface area contributed by atoms with Gasteiger partial charge in [-0.2, -0.15) is 0 Å². The molecule has 1 rings (SSSR count). The summed E-state index contributed by atoms with van der Waals surface area (Å²) in [5.74, 6) is 0.449. The number of carbonyl (C=O) groups excluding carboxylic acids is 1. The summed E-state index contributed by atoms with van der Waals surface area (Å²) in [6, 6.07) is 1.60. The largest absolute Gasteiger partial charge is 0.363 e. The highest BCUT2D eigenvalue weighted by Crippen LogP contribution is 2.01. The average molecular weight is 154 g/mol. The highest BCUT2D eigenvalue weighted by molar-refractivity contribution is 5.89. The number of nitrogens with one attached hydrogen (secondary N) is 1. The lowest BCUT2D eigenvalue weighted by atomic mass is 10.3. The van der Waals surface area contributed by atoms with Crippen LogP contribution in [0.5, 0.6) is 0 Å². The lowest BCUT2D eigenvalue weighted by molar-refractivity contribution is -0.116. The number of anilines is 1. The van der Waals surface area contributed by atoms with Gasteiger partial charge in [0.2, 0.25) is 5.91 Å². The van der Waals surface area contributed by atoms with Gasteiger partial charge in [-0.1, -0.05) is 12.1 Å². The molecule has 0 atom stereocenters. The molecule has 1 N–H and O–H groups in total. The van der Waals surface area contributed by atoms with Crippen molar-refractivity contribution in [3.8, 4) is 0 Å². The number of nitrogens with zero attached hydrogens (tertiary/aromatic N) is 1. The second kappa shape index (κ2) is 3.75. The predicted molar refractivity (Wildman–Crippen MR) is 40.0 cm³/mol. The van der Waals surface area contributed by atoms with E-state index >= 15 is 0 Å². The molecule has 0 saturated carbocycles. The van der Waals surface area contributed by atoms with Gasteiger partial charge in [-0.25, -0.2) is 0 Å².